The molecule has 0 amide bonds. The van der Waals surface area contributed by atoms with E-state index in [1.165, 1.54) is 12.1 Å². The summed E-state index contributed by atoms with van der Waals surface area (Å²) in [6.45, 7) is 2.39. The molecule has 0 aliphatic heterocycles. The highest BCUT2D eigenvalue weighted by Crippen LogP contribution is 2.15. The van der Waals surface area contributed by atoms with E-state index in [0.717, 1.165) is 17.2 Å². The molecule has 0 bridgehead atoms. The SMILES string of the molecule is Cc1nccc(CNc2ccc([N+](=O)[O-])cc2)n1. The molecule has 6 heteroatoms. The molecule has 1 aromatic carbocycles. The summed E-state index contributed by atoms with van der Waals surface area (Å²) in [6.07, 6.45) is 1.70. The lowest BCUT2D eigenvalue weighted by Crippen LogP contribution is -2.03. The molecular weight excluding hydrogens is 232 g/mol. The van der Waals surface area contributed by atoms with Gasteiger partial charge in [-0.1, -0.05) is 0 Å². The van der Waals surface area contributed by atoms with Crippen molar-refractivity contribution in [1.82, 2.24) is 9.97 Å². The van der Waals surface area contributed by atoms with Gasteiger partial charge in [-0.2, -0.15) is 0 Å². The third-order valence-electron chi connectivity index (χ3n) is 2.39. The molecule has 0 unspecified atom stereocenters. The van der Waals surface area contributed by atoms with E-state index in [1.54, 1.807) is 18.3 Å². The third-order valence-corrected chi connectivity index (χ3v) is 2.39. The van der Waals surface area contributed by atoms with E-state index in [2.05, 4.69) is 15.3 Å². The van der Waals surface area contributed by atoms with Crippen molar-refractivity contribution in [2.45, 2.75) is 13.5 Å². The zero-order valence-corrected chi connectivity index (χ0v) is 9.83. The lowest BCUT2D eigenvalue weighted by atomic mass is 10.3. The highest BCUT2D eigenvalue weighted by Gasteiger charge is 2.03. The van der Waals surface area contributed by atoms with Crippen molar-refractivity contribution in [3.8, 4) is 0 Å². The number of nitro groups is 1. The van der Waals surface area contributed by atoms with Crippen LogP contribution < -0.4 is 5.32 Å². The van der Waals surface area contributed by atoms with Gasteiger partial charge in [-0.25, -0.2) is 9.97 Å². The molecule has 1 N–H and O–H groups in total. The summed E-state index contributed by atoms with van der Waals surface area (Å²) in [4.78, 5) is 18.3. The van der Waals surface area contributed by atoms with Crippen molar-refractivity contribution in [1.29, 1.82) is 0 Å². The Morgan fingerprint density at radius 3 is 2.61 bits per heavy atom. The molecule has 0 fully saturated rings. The van der Waals surface area contributed by atoms with Crippen LogP contribution in [0.3, 0.4) is 0 Å². The first kappa shape index (κ1) is 12.0. The quantitative estimate of drug-likeness (QED) is 0.659. The fourth-order valence-corrected chi connectivity index (χ4v) is 1.50. The Morgan fingerprint density at radius 1 is 1.28 bits per heavy atom. The zero-order valence-electron chi connectivity index (χ0n) is 9.83. The minimum absolute atomic E-state index is 0.0819. The van der Waals surface area contributed by atoms with Crippen LogP contribution in [0.1, 0.15) is 11.5 Å². The number of aromatic nitrogens is 2. The first-order chi connectivity index (χ1) is 8.65. The van der Waals surface area contributed by atoms with E-state index in [1.807, 2.05) is 13.0 Å². The maximum atomic E-state index is 10.5. The molecule has 0 aliphatic rings. The fourth-order valence-electron chi connectivity index (χ4n) is 1.50. The maximum Gasteiger partial charge on any atom is 0.269 e. The van der Waals surface area contributed by atoms with Crippen LogP contribution in [0.2, 0.25) is 0 Å². The van der Waals surface area contributed by atoms with Gasteiger partial charge in [0.1, 0.15) is 5.82 Å². The predicted molar refractivity (Wildman–Crippen MR) is 67.2 cm³/mol. The molecule has 0 saturated heterocycles. The summed E-state index contributed by atoms with van der Waals surface area (Å²) in [6, 6.07) is 8.10. The van der Waals surface area contributed by atoms with Crippen molar-refractivity contribution in [3.63, 3.8) is 0 Å². The molecule has 0 saturated carbocycles. The van der Waals surface area contributed by atoms with E-state index < -0.39 is 4.92 Å². The largest absolute Gasteiger partial charge is 0.379 e. The number of aryl methyl sites for hydroxylation is 1. The minimum atomic E-state index is -0.419. The highest BCUT2D eigenvalue weighted by atomic mass is 16.6. The highest BCUT2D eigenvalue weighted by molar-refractivity contribution is 5.48. The number of hydrogen-bond donors (Lipinski definition) is 1. The standard InChI is InChI=1S/C12H12N4O2/c1-9-13-7-6-11(15-9)8-14-10-2-4-12(5-3-10)16(17)18/h2-7,14H,8H2,1H3. The molecule has 92 valence electrons. The predicted octanol–water partition coefficient (Wildman–Crippen LogP) is 2.31. The van der Waals surface area contributed by atoms with E-state index in [0.29, 0.717) is 6.54 Å². The van der Waals surface area contributed by atoms with Crippen molar-refractivity contribution < 1.29 is 4.92 Å². The number of anilines is 1. The number of rotatable bonds is 4. The van der Waals surface area contributed by atoms with E-state index >= 15 is 0 Å². The van der Waals surface area contributed by atoms with Crippen molar-refractivity contribution in [3.05, 3.63) is 58.2 Å². The first-order valence-corrected chi connectivity index (χ1v) is 5.42. The number of nitrogens with one attached hydrogen (secondary N) is 1. The maximum absolute atomic E-state index is 10.5. The molecule has 1 aromatic heterocycles. The topological polar surface area (TPSA) is 81.0 Å². The summed E-state index contributed by atoms with van der Waals surface area (Å²) in [5.74, 6) is 0.720. The van der Waals surface area contributed by atoms with Gasteiger partial charge in [-0.15, -0.1) is 0 Å². The van der Waals surface area contributed by atoms with Gasteiger partial charge < -0.3 is 5.32 Å². The Labute approximate surface area is 104 Å². The van der Waals surface area contributed by atoms with Gasteiger partial charge >= 0.3 is 0 Å². The average molecular weight is 244 g/mol. The number of non-ortho nitro benzene ring substituents is 1. The summed E-state index contributed by atoms with van der Waals surface area (Å²) < 4.78 is 0. The second kappa shape index (κ2) is 5.22. The third kappa shape index (κ3) is 3.00. The van der Waals surface area contributed by atoms with Gasteiger partial charge in [0.15, 0.2) is 0 Å². The van der Waals surface area contributed by atoms with Crippen LogP contribution in [0.25, 0.3) is 0 Å². The Bertz CT molecular complexity index is 554. The normalized spacial score (nSPS) is 10.1. The summed E-state index contributed by atoms with van der Waals surface area (Å²) in [5, 5.41) is 13.6. The smallest absolute Gasteiger partial charge is 0.269 e. The Kier molecular flexibility index (Phi) is 3.47. The van der Waals surface area contributed by atoms with E-state index in [4.69, 9.17) is 0 Å². The summed E-state index contributed by atoms with van der Waals surface area (Å²) in [5.41, 5.74) is 1.77. The molecule has 18 heavy (non-hydrogen) atoms. The van der Waals surface area contributed by atoms with Crippen molar-refractivity contribution in [2.24, 2.45) is 0 Å². The van der Waals surface area contributed by atoms with Crippen LogP contribution in [0, 0.1) is 17.0 Å². The van der Waals surface area contributed by atoms with E-state index in [-0.39, 0.29) is 5.69 Å². The van der Waals surface area contributed by atoms with Gasteiger partial charge in [-0.3, -0.25) is 10.1 Å². The molecule has 0 atom stereocenters. The Hall–Kier alpha value is -2.50. The van der Waals surface area contributed by atoms with Gasteiger partial charge in [0.25, 0.3) is 5.69 Å². The summed E-state index contributed by atoms with van der Waals surface area (Å²) >= 11 is 0. The molecule has 6 nitrogen and oxygen atoms in total. The number of hydrogen-bond acceptors (Lipinski definition) is 5. The lowest BCUT2D eigenvalue weighted by molar-refractivity contribution is -0.384. The van der Waals surface area contributed by atoms with Crippen LogP contribution in [0.15, 0.2) is 36.5 Å². The minimum Gasteiger partial charge on any atom is -0.379 e. The second-order valence-corrected chi connectivity index (χ2v) is 3.75. The first-order valence-electron chi connectivity index (χ1n) is 5.42. The summed E-state index contributed by atoms with van der Waals surface area (Å²) in [7, 11) is 0. The number of nitrogens with zero attached hydrogens (tertiary/aromatic N) is 3. The van der Waals surface area contributed by atoms with Crippen LogP contribution in [-0.4, -0.2) is 14.9 Å². The van der Waals surface area contributed by atoms with Gasteiger partial charge in [0.2, 0.25) is 0 Å². The second-order valence-electron chi connectivity index (χ2n) is 3.75. The Morgan fingerprint density at radius 2 is 2.00 bits per heavy atom. The number of benzene rings is 1. The monoisotopic (exact) mass is 244 g/mol. The molecular formula is C12H12N4O2. The number of nitro benzene ring substituents is 1. The zero-order chi connectivity index (χ0) is 13.0. The van der Waals surface area contributed by atoms with Crippen LogP contribution >= 0.6 is 0 Å². The molecule has 2 aromatic rings. The lowest BCUT2D eigenvalue weighted by Gasteiger charge is -2.05. The van der Waals surface area contributed by atoms with Crippen molar-refractivity contribution >= 4 is 11.4 Å². The van der Waals surface area contributed by atoms with Crippen LogP contribution in [0.4, 0.5) is 11.4 Å². The van der Waals surface area contributed by atoms with Crippen LogP contribution in [0.5, 0.6) is 0 Å². The van der Waals surface area contributed by atoms with E-state index in [9.17, 15) is 10.1 Å². The molecule has 1 heterocycles. The van der Waals surface area contributed by atoms with Gasteiger partial charge in [0.05, 0.1) is 17.2 Å². The fraction of sp³-hybridized carbons (Fsp3) is 0.167. The molecule has 0 radical (unpaired) electrons. The molecule has 2 rings (SSSR count). The van der Waals surface area contributed by atoms with Gasteiger partial charge in [0, 0.05) is 24.0 Å². The molecule has 0 aliphatic carbocycles. The van der Waals surface area contributed by atoms with Crippen molar-refractivity contribution in [2.75, 3.05) is 5.32 Å². The average Bonchev–Trinajstić information content (AvgIpc) is 2.37. The Balaban J connectivity index is 2.00. The van der Waals surface area contributed by atoms with Gasteiger partial charge in [-0.05, 0) is 25.1 Å². The van der Waals surface area contributed by atoms with Crippen LogP contribution in [-0.2, 0) is 6.54 Å². The molecule has 0 spiro atoms.